The number of rotatable bonds is 5. The molecular formula is C19H31NO. The molecule has 1 atom stereocenters. The zero-order valence-corrected chi connectivity index (χ0v) is 14.1. The normalized spacial score (nSPS) is 20.2. The maximum atomic E-state index is 5.69. The van der Waals surface area contributed by atoms with E-state index in [-0.39, 0.29) is 10.8 Å². The van der Waals surface area contributed by atoms with E-state index in [9.17, 15) is 0 Å². The Morgan fingerprint density at radius 3 is 2.29 bits per heavy atom. The van der Waals surface area contributed by atoms with E-state index >= 15 is 0 Å². The lowest BCUT2D eigenvalue weighted by molar-refractivity contribution is 0.0129. The average molecular weight is 289 g/mol. The highest BCUT2D eigenvalue weighted by Gasteiger charge is 2.46. The van der Waals surface area contributed by atoms with Crippen molar-refractivity contribution in [2.24, 2.45) is 5.41 Å². The number of benzene rings is 1. The summed E-state index contributed by atoms with van der Waals surface area (Å²) in [5, 5.41) is 3.86. The van der Waals surface area contributed by atoms with E-state index in [1.807, 2.05) is 0 Å². The summed E-state index contributed by atoms with van der Waals surface area (Å²) in [6.07, 6.45) is 3.39. The Kier molecular flexibility index (Phi) is 5.45. The fourth-order valence-electron chi connectivity index (χ4n) is 3.87. The standard InChI is InChI=1S/C19H31NO/c1-5-13-20-17(18(2,3)4)19(11-14-21-15-12-19)16-9-7-6-8-10-16/h6-10,17,20H,5,11-15H2,1-4H3. The molecular weight excluding hydrogens is 258 g/mol. The van der Waals surface area contributed by atoms with Crippen LogP contribution in [0.1, 0.15) is 52.5 Å². The molecule has 0 aromatic heterocycles. The molecule has 21 heavy (non-hydrogen) atoms. The van der Waals surface area contributed by atoms with Gasteiger partial charge in [-0.3, -0.25) is 0 Å². The van der Waals surface area contributed by atoms with Gasteiger partial charge in [-0.05, 0) is 36.8 Å². The van der Waals surface area contributed by atoms with Gasteiger partial charge in [-0.1, -0.05) is 58.0 Å². The zero-order valence-electron chi connectivity index (χ0n) is 14.1. The smallest absolute Gasteiger partial charge is 0.0475 e. The summed E-state index contributed by atoms with van der Waals surface area (Å²) in [5.41, 5.74) is 1.88. The number of hydrogen-bond donors (Lipinski definition) is 1. The minimum Gasteiger partial charge on any atom is -0.381 e. The fourth-order valence-corrected chi connectivity index (χ4v) is 3.87. The van der Waals surface area contributed by atoms with Gasteiger partial charge in [0, 0.05) is 24.7 Å². The molecule has 0 saturated carbocycles. The van der Waals surface area contributed by atoms with Crippen LogP contribution in [0.15, 0.2) is 30.3 Å². The van der Waals surface area contributed by atoms with Crippen LogP contribution in [-0.2, 0) is 10.2 Å². The second-order valence-electron chi connectivity index (χ2n) is 7.39. The van der Waals surface area contributed by atoms with Gasteiger partial charge < -0.3 is 10.1 Å². The number of hydrogen-bond acceptors (Lipinski definition) is 2. The molecule has 1 aliphatic heterocycles. The summed E-state index contributed by atoms with van der Waals surface area (Å²) in [7, 11) is 0. The second kappa shape index (κ2) is 6.93. The van der Waals surface area contributed by atoms with Crippen LogP contribution >= 0.6 is 0 Å². The molecule has 0 aliphatic carbocycles. The van der Waals surface area contributed by atoms with Crippen molar-refractivity contribution in [1.29, 1.82) is 0 Å². The molecule has 1 saturated heterocycles. The first-order chi connectivity index (χ1) is 10.0. The third-order valence-corrected chi connectivity index (χ3v) is 4.75. The van der Waals surface area contributed by atoms with E-state index < -0.39 is 0 Å². The van der Waals surface area contributed by atoms with Crippen LogP contribution in [-0.4, -0.2) is 25.8 Å². The van der Waals surface area contributed by atoms with Crippen molar-refractivity contribution in [3.05, 3.63) is 35.9 Å². The molecule has 1 aromatic carbocycles. The van der Waals surface area contributed by atoms with Crippen LogP contribution in [0.4, 0.5) is 0 Å². The first-order valence-electron chi connectivity index (χ1n) is 8.37. The Bertz CT molecular complexity index is 415. The molecule has 1 aromatic rings. The van der Waals surface area contributed by atoms with Crippen LogP contribution in [0.2, 0.25) is 0 Å². The Labute approximate surface area is 130 Å². The third-order valence-electron chi connectivity index (χ3n) is 4.75. The monoisotopic (exact) mass is 289 g/mol. The molecule has 118 valence electrons. The van der Waals surface area contributed by atoms with Gasteiger partial charge >= 0.3 is 0 Å². The second-order valence-corrected chi connectivity index (χ2v) is 7.39. The predicted octanol–water partition coefficient (Wildman–Crippen LogP) is 4.15. The lowest BCUT2D eigenvalue weighted by atomic mass is 9.61. The van der Waals surface area contributed by atoms with Crippen molar-refractivity contribution in [3.63, 3.8) is 0 Å². The van der Waals surface area contributed by atoms with E-state index in [0.717, 1.165) is 32.6 Å². The highest BCUT2D eigenvalue weighted by atomic mass is 16.5. The van der Waals surface area contributed by atoms with Crippen molar-refractivity contribution in [2.75, 3.05) is 19.8 Å². The molecule has 0 spiro atoms. The van der Waals surface area contributed by atoms with Gasteiger partial charge in [0.05, 0.1) is 0 Å². The van der Waals surface area contributed by atoms with Gasteiger partial charge in [0.1, 0.15) is 0 Å². The molecule has 1 heterocycles. The van der Waals surface area contributed by atoms with Crippen molar-refractivity contribution >= 4 is 0 Å². The first-order valence-corrected chi connectivity index (χ1v) is 8.37. The molecule has 0 bridgehead atoms. The van der Waals surface area contributed by atoms with E-state index in [0.29, 0.717) is 6.04 Å². The van der Waals surface area contributed by atoms with Gasteiger partial charge in [-0.2, -0.15) is 0 Å². The molecule has 0 radical (unpaired) electrons. The van der Waals surface area contributed by atoms with Gasteiger partial charge in [0.2, 0.25) is 0 Å². The van der Waals surface area contributed by atoms with Crippen molar-refractivity contribution in [3.8, 4) is 0 Å². The molecule has 2 rings (SSSR count). The summed E-state index contributed by atoms with van der Waals surface area (Å²) in [5.74, 6) is 0. The maximum Gasteiger partial charge on any atom is 0.0475 e. The Morgan fingerprint density at radius 2 is 1.76 bits per heavy atom. The van der Waals surface area contributed by atoms with Crippen LogP contribution in [0.25, 0.3) is 0 Å². The summed E-state index contributed by atoms with van der Waals surface area (Å²) >= 11 is 0. The van der Waals surface area contributed by atoms with Gasteiger partial charge in [0.25, 0.3) is 0 Å². The first kappa shape index (κ1) is 16.5. The van der Waals surface area contributed by atoms with Gasteiger partial charge in [0.15, 0.2) is 0 Å². The quantitative estimate of drug-likeness (QED) is 0.879. The molecule has 2 nitrogen and oxygen atoms in total. The fraction of sp³-hybridized carbons (Fsp3) is 0.684. The summed E-state index contributed by atoms with van der Waals surface area (Å²) in [6, 6.07) is 11.5. The van der Waals surface area contributed by atoms with Crippen molar-refractivity contribution in [1.82, 2.24) is 5.32 Å². The minimum absolute atomic E-state index is 0.187. The molecule has 1 fully saturated rings. The lowest BCUT2D eigenvalue weighted by Gasteiger charge is -2.50. The summed E-state index contributed by atoms with van der Waals surface area (Å²) < 4.78 is 5.69. The summed E-state index contributed by atoms with van der Waals surface area (Å²) in [6.45, 7) is 12.1. The Morgan fingerprint density at radius 1 is 1.14 bits per heavy atom. The van der Waals surface area contributed by atoms with E-state index in [4.69, 9.17) is 4.74 Å². The largest absolute Gasteiger partial charge is 0.381 e. The van der Waals surface area contributed by atoms with Crippen molar-refractivity contribution in [2.45, 2.75) is 58.4 Å². The van der Waals surface area contributed by atoms with Crippen molar-refractivity contribution < 1.29 is 4.74 Å². The minimum atomic E-state index is 0.187. The van der Waals surface area contributed by atoms with E-state index in [1.165, 1.54) is 12.0 Å². The third kappa shape index (κ3) is 3.67. The summed E-state index contributed by atoms with van der Waals surface area (Å²) in [4.78, 5) is 0. The lowest BCUT2D eigenvalue weighted by Crippen LogP contribution is -2.57. The Hall–Kier alpha value is -0.860. The van der Waals surface area contributed by atoms with Gasteiger partial charge in [-0.25, -0.2) is 0 Å². The molecule has 2 heteroatoms. The molecule has 0 amide bonds. The predicted molar refractivity (Wildman–Crippen MR) is 89.7 cm³/mol. The SMILES string of the molecule is CCCNC(C(C)(C)C)C1(c2ccccc2)CCOCC1. The van der Waals surface area contributed by atoms with Crippen LogP contribution in [0.3, 0.4) is 0 Å². The van der Waals surface area contributed by atoms with Gasteiger partial charge in [-0.15, -0.1) is 0 Å². The molecule has 1 unspecified atom stereocenters. The van der Waals surface area contributed by atoms with E-state index in [2.05, 4.69) is 63.3 Å². The van der Waals surface area contributed by atoms with Crippen LogP contribution < -0.4 is 5.32 Å². The highest BCUT2D eigenvalue weighted by Crippen LogP contribution is 2.44. The maximum absolute atomic E-state index is 5.69. The average Bonchev–Trinajstić information content (AvgIpc) is 2.48. The molecule has 1 aliphatic rings. The number of nitrogens with one attached hydrogen (secondary N) is 1. The topological polar surface area (TPSA) is 21.3 Å². The zero-order chi connectivity index (χ0) is 15.3. The number of ether oxygens (including phenoxy) is 1. The van der Waals surface area contributed by atoms with Crippen LogP contribution in [0, 0.1) is 5.41 Å². The van der Waals surface area contributed by atoms with E-state index in [1.54, 1.807) is 0 Å². The highest BCUT2D eigenvalue weighted by molar-refractivity contribution is 5.29. The Balaban J connectivity index is 2.41. The molecule has 1 N–H and O–H groups in total. The van der Waals surface area contributed by atoms with Crippen LogP contribution in [0.5, 0.6) is 0 Å².